The zero-order valence-corrected chi connectivity index (χ0v) is 18.1. The molecule has 10 heteroatoms. The first-order chi connectivity index (χ1) is 15.1. The van der Waals surface area contributed by atoms with Gasteiger partial charge in [-0.25, -0.2) is 18.1 Å². The molecule has 2 aromatic carbocycles. The first-order valence-corrected chi connectivity index (χ1v) is 12.4. The Labute approximate surface area is 183 Å². The Balaban J connectivity index is 1.22. The Kier molecular flexibility index (Phi) is 4.34. The molecule has 31 heavy (non-hydrogen) atoms. The van der Waals surface area contributed by atoms with E-state index in [-0.39, 0.29) is 5.92 Å². The minimum absolute atomic E-state index is 0.0179. The van der Waals surface area contributed by atoms with E-state index in [0.717, 1.165) is 45.8 Å². The fourth-order valence-corrected chi connectivity index (χ4v) is 6.45. The van der Waals surface area contributed by atoms with Crippen molar-refractivity contribution in [1.82, 2.24) is 24.3 Å². The molecule has 0 aliphatic carbocycles. The van der Waals surface area contributed by atoms with Crippen molar-refractivity contribution in [3.63, 3.8) is 0 Å². The predicted molar refractivity (Wildman–Crippen MR) is 116 cm³/mol. The van der Waals surface area contributed by atoms with Crippen LogP contribution in [-0.4, -0.2) is 52.4 Å². The minimum atomic E-state index is -3.55. The van der Waals surface area contributed by atoms with Crippen LogP contribution in [0.15, 0.2) is 53.0 Å². The molecule has 2 aliphatic rings. The van der Waals surface area contributed by atoms with E-state index in [1.165, 1.54) is 0 Å². The van der Waals surface area contributed by atoms with Gasteiger partial charge in [0.05, 0.1) is 44.8 Å². The molecule has 158 valence electrons. The maximum absolute atomic E-state index is 13.2. The number of hydrogen-bond acceptors (Lipinski definition) is 7. The summed E-state index contributed by atoms with van der Waals surface area (Å²) in [5.74, 6) is 0.801. The Hall–Kier alpha value is -2.82. The van der Waals surface area contributed by atoms with E-state index in [1.54, 1.807) is 38.5 Å². The number of benzene rings is 2. The largest absolute Gasteiger partial charge is 0.493 e. The number of aromatic nitrogens is 4. The molecule has 1 saturated heterocycles. The summed E-state index contributed by atoms with van der Waals surface area (Å²) >= 11 is 1.60. The van der Waals surface area contributed by atoms with E-state index >= 15 is 0 Å². The summed E-state index contributed by atoms with van der Waals surface area (Å²) in [4.78, 5) is 4.68. The van der Waals surface area contributed by atoms with Crippen LogP contribution in [0.1, 0.15) is 23.6 Å². The maximum atomic E-state index is 13.2. The second-order valence-corrected chi connectivity index (χ2v) is 10.6. The van der Waals surface area contributed by atoms with Crippen LogP contribution in [0.2, 0.25) is 0 Å². The van der Waals surface area contributed by atoms with Crippen molar-refractivity contribution in [3.8, 4) is 11.4 Å². The van der Waals surface area contributed by atoms with Gasteiger partial charge in [0.25, 0.3) is 0 Å². The predicted octanol–water partition coefficient (Wildman–Crippen LogP) is 2.99. The van der Waals surface area contributed by atoms with Crippen LogP contribution < -0.4 is 4.74 Å². The number of rotatable bonds is 4. The van der Waals surface area contributed by atoms with Gasteiger partial charge in [-0.05, 0) is 48.4 Å². The zero-order chi connectivity index (χ0) is 21.0. The van der Waals surface area contributed by atoms with Gasteiger partial charge in [0.2, 0.25) is 10.0 Å². The molecule has 0 amide bonds. The highest BCUT2D eigenvalue weighted by atomic mass is 32.2. The highest BCUT2D eigenvalue weighted by Crippen LogP contribution is 2.33. The molecule has 0 bridgehead atoms. The summed E-state index contributed by atoms with van der Waals surface area (Å²) < 4.78 is 36.2. The summed E-state index contributed by atoms with van der Waals surface area (Å²) in [6.45, 7) is 1.48. The topological polar surface area (TPSA) is 90.2 Å². The average molecular weight is 454 g/mol. The molecule has 8 nitrogen and oxygen atoms in total. The van der Waals surface area contributed by atoms with Gasteiger partial charge in [0.15, 0.2) is 0 Å². The number of thiazole rings is 1. The number of fused-ring (bicyclic) bond motifs is 2. The highest BCUT2D eigenvalue weighted by molar-refractivity contribution is 7.89. The normalized spacial score (nSPS) is 19.0. The van der Waals surface area contributed by atoms with Crippen LogP contribution in [0.25, 0.3) is 15.9 Å². The van der Waals surface area contributed by atoms with Crippen molar-refractivity contribution in [2.24, 2.45) is 0 Å². The Morgan fingerprint density at radius 1 is 1.16 bits per heavy atom. The fourth-order valence-electron chi connectivity index (χ4n) is 4.24. The smallest absolute Gasteiger partial charge is 0.243 e. The highest BCUT2D eigenvalue weighted by Gasteiger charge is 2.35. The summed E-state index contributed by atoms with van der Waals surface area (Å²) in [5.41, 5.74) is 5.40. The van der Waals surface area contributed by atoms with Crippen LogP contribution in [-0.2, 0) is 16.4 Å². The van der Waals surface area contributed by atoms with E-state index in [0.29, 0.717) is 24.6 Å². The van der Waals surface area contributed by atoms with Gasteiger partial charge in [-0.1, -0.05) is 5.21 Å². The van der Waals surface area contributed by atoms with Crippen LogP contribution in [0.5, 0.6) is 5.75 Å². The van der Waals surface area contributed by atoms with E-state index in [9.17, 15) is 8.42 Å². The third kappa shape index (κ3) is 3.22. The standard InChI is InChI=1S/C21H19N5O3S2/c27-31(28,17-2-3-20-14(9-17)6-8-29-20)25-7-5-15(11-25)19-12-26(24-23-19)16-1-4-21-18(10-16)22-13-30-21/h1-4,9-10,12-13,15H,5-8,11H2/t15-/m1/s1. The fraction of sp³-hybridized carbons (Fsp3) is 0.286. The molecular weight excluding hydrogens is 434 g/mol. The lowest BCUT2D eigenvalue weighted by Gasteiger charge is -2.16. The summed E-state index contributed by atoms with van der Waals surface area (Å²) in [5, 5.41) is 8.60. The Bertz CT molecular complexity index is 1400. The molecule has 0 spiro atoms. The third-order valence-electron chi connectivity index (χ3n) is 5.96. The quantitative estimate of drug-likeness (QED) is 0.472. The third-order valence-corrected chi connectivity index (χ3v) is 8.63. The van der Waals surface area contributed by atoms with Crippen molar-refractivity contribution in [1.29, 1.82) is 0 Å². The van der Waals surface area contributed by atoms with Crippen LogP contribution in [0.4, 0.5) is 0 Å². The van der Waals surface area contributed by atoms with Crippen molar-refractivity contribution < 1.29 is 13.2 Å². The van der Waals surface area contributed by atoms with Gasteiger partial charge in [-0.3, -0.25) is 0 Å². The van der Waals surface area contributed by atoms with Crippen molar-refractivity contribution >= 4 is 31.6 Å². The molecule has 0 unspecified atom stereocenters. The lowest BCUT2D eigenvalue weighted by Crippen LogP contribution is -2.28. The maximum Gasteiger partial charge on any atom is 0.243 e. The molecular formula is C21H19N5O3S2. The monoisotopic (exact) mass is 453 g/mol. The molecule has 1 atom stereocenters. The molecule has 4 aromatic rings. The number of sulfonamides is 1. The van der Waals surface area contributed by atoms with E-state index in [4.69, 9.17) is 4.74 Å². The van der Waals surface area contributed by atoms with Gasteiger partial charge in [-0.2, -0.15) is 4.31 Å². The SMILES string of the molecule is O=S(=O)(c1ccc2c(c1)CCO2)N1CC[C@@H](c2cn(-c3ccc4scnc4c3)nn2)C1. The average Bonchev–Trinajstić information content (AvgIpc) is 3.58. The lowest BCUT2D eigenvalue weighted by atomic mass is 10.1. The van der Waals surface area contributed by atoms with Crippen molar-refractivity contribution in [2.75, 3.05) is 19.7 Å². The molecule has 2 aliphatic heterocycles. The first-order valence-electron chi connectivity index (χ1n) is 10.1. The van der Waals surface area contributed by atoms with E-state index in [2.05, 4.69) is 15.3 Å². The van der Waals surface area contributed by atoms with Crippen LogP contribution in [0.3, 0.4) is 0 Å². The summed E-state index contributed by atoms with van der Waals surface area (Å²) in [6.07, 6.45) is 3.36. The van der Waals surface area contributed by atoms with E-state index < -0.39 is 10.0 Å². The van der Waals surface area contributed by atoms with Gasteiger partial charge in [-0.15, -0.1) is 16.4 Å². The molecule has 0 N–H and O–H groups in total. The number of hydrogen-bond donors (Lipinski definition) is 0. The molecule has 0 saturated carbocycles. The zero-order valence-electron chi connectivity index (χ0n) is 16.5. The number of nitrogens with zero attached hydrogens (tertiary/aromatic N) is 5. The first kappa shape index (κ1) is 18.9. The van der Waals surface area contributed by atoms with Crippen LogP contribution >= 0.6 is 11.3 Å². The van der Waals surface area contributed by atoms with Gasteiger partial charge >= 0.3 is 0 Å². The summed E-state index contributed by atoms with van der Waals surface area (Å²) in [7, 11) is -3.55. The second-order valence-electron chi connectivity index (χ2n) is 7.81. The van der Waals surface area contributed by atoms with Crippen molar-refractivity contribution in [2.45, 2.75) is 23.7 Å². The lowest BCUT2D eigenvalue weighted by molar-refractivity contribution is 0.356. The molecule has 1 fully saturated rings. The summed E-state index contributed by atoms with van der Waals surface area (Å²) in [6, 6.07) is 11.1. The Morgan fingerprint density at radius 3 is 3.03 bits per heavy atom. The second kappa shape index (κ2) is 7.11. The Morgan fingerprint density at radius 2 is 2.10 bits per heavy atom. The van der Waals surface area contributed by atoms with E-state index in [1.807, 2.05) is 29.9 Å². The van der Waals surface area contributed by atoms with Gasteiger partial charge in [0, 0.05) is 25.4 Å². The van der Waals surface area contributed by atoms with Gasteiger partial charge < -0.3 is 4.74 Å². The molecule has 4 heterocycles. The molecule has 0 radical (unpaired) electrons. The number of ether oxygens (including phenoxy) is 1. The molecule has 2 aromatic heterocycles. The van der Waals surface area contributed by atoms with Gasteiger partial charge in [0.1, 0.15) is 5.75 Å². The minimum Gasteiger partial charge on any atom is -0.493 e. The van der Waals surface area contributed by atoms with Crippen LogP contribution in [0, 0.1) is 0 Å². The molecule has 6 rings (SSSR count). The van der Waals surface area contributed by atoms with Crippen molar-refractivity contribution in [3.05, 3.63) is 59.4 Å².